The molecule has 0 aliphatic rings. The van der Waals surface area contributed by atoms with Crippen LogP contribution < -0.4 is 4.74 Å². The van der Waals surface area contributed by atoms with E-state index >= 15 is 0 Å². The number of rotatable bonds is 5. The predicted molar refractivity (Wildman–Crippen MR) is 54.4 cm³/mol. The van der Waals surface area contributed by atoms with Crippen molar-refractivity contribution in [2.45, 2.75) is 0 Å². The second-order valence-electron chi connectivity index (χ2n) is 2.41. The molecule has 0 heterocycles. The van der Waals surface area contributed by atoms with Crippen LogP contribution in [0.3, 0.4) is 0 Å². The summed E-state index contributed by atoms with van der Waals surface area (Å²) in [6.07, 6.45) is 0. The Hall–Kier alpha value is -0.391. The van der Waals surface area contributed by atoms with Crippen LogP contribution in [0.1, 0.15) is 0 Å². The third kappa shape index (κ3) is 5.36. The molecule has 0 radical (unpaired) electrons. The quantitative estimate of drug-likeness (QED) is 0.642. The summed E-state index contributed by atoms with van der Waals surface area (Å²) < 4.78 is 29.1. The zero-order valence-corrected chi connectivity index (χ0v) is 9.82. The summed E-state index contributed by atoms with van der Waals surface area (Å²) in [5, 5.41) is 0. The molecule has 1 unspecified atom stereocenters. The van der Waals surface area contributed by atoms with Crippen molar-refractivity contribution < 1.29 is 17.7 Å². The van der Waals surface area contributed by atoms with Gasteiger partial charge in [0.05, 0.1) is 0 Å². The van der Waals surface area contributed by atoms with Crippen LogP contribution in [0.15, 0.2) is 30.3 Å². The van der Waals surface area contributed by atoms with Crippen LogP contribution in [0.5, 0.6) is 5.75 Å². The third-order valence-electron chi connectivity index (χ3n) is 1.33. The van der Waals surface area contributed by atoms with Crippen molar-refractivity contribution in [1.82, 2.24) is 0 Å². The summed E-state index contributed by atoms with van der Waals surface area (Å²) in [4.78, 5) is 0. The molecular weight excluding hydrogens is 271 g/mol. The molecule has 1 aromatic rings. The number of para-hydroxylation sites is 1. The second-order valence-corrected chi connectivity index (χ2v) is 6.15. The molecule has 0 saturated heterocycles. The Kier molecular flexibility index (Phi) is 4.57. The standard InChI is InChI=1S/C8H10O4SSe/c9-13(10,14)12-7-6-11-8-4-2-1-3-5-8/h1-5H,6-7H2,(H,9,10,14). The Morgan fingerprint density at radius 3 is 2.50 bits per heavy atom. The molecule has 0 fully saturated rings. The number of benzene rings is 1. The summed E-state index contributed by atoms with van der Waals surface area (Å²) in [5.74, 6) is 0.709. The fraction of sp³-hybridized carbons (Fsp3) is 0.250. The summed E-state index contributed by atoms with van der Waals surface area (Å²) in [6, 6.07) is 9.17. The van der Waals surface area contributed by atoms with E-state index in [-0.39, 0.29) is 13.2 Å². The Labute approximate surface area is 89.9 Å². The number of ether oxygens (including phenoxy) is 1. The molecule has 1 rings (SSSR count). The monoisotopic (exact) mass is 282 g/mol. The average Bonchev–Trinajstić information content (AvgIpc) is 2.13. The topological polar surface area (TPSA) is 55.8 Å². The van der Waals surface area contributed by atoms with E-state index in [2.05, 4.69) is 4.18 Å². The van der Waals surface area contributed by atoms with Gasteiger partial charge in [-0.3, -0.25) is 0 Å². The predicted octanol–water partition coefficient (Wildman–Crippen LogP) is 0.838. The van der Waals surface area contributed by atoms with Crippen LogP contribution in [0, 0.1) is 0 Å². The van der Waals surface area contributed by atoms with Crippen molar-refractivity contribution in [2.24, 2.45) is 0 Å². The first-order valence-corrected chi connectivity index (χ1v) is 7.34. The molecule has 0 spiro atoms. The normalized spacial score (nSPS) is 14.6. The Balaban J connectivity index is 2.23. The van der Waals surface area contributed by atoms with Crippen molar-refractivity contribution in [3.8, 4) is 5.75 Å². The molecular formula is C8H10O4SSe. The minimum absolute atomic E-state index is 0.0667. The number of hydrogen-bond acceptors (Lipinski definition) is 3. The van der Waals surface area contributed by atoms with Gasteiger partial charge in [0.1, 0.15) is 0 Å². The molecule has 78 valence electrons. The van der Waals surface area contributed by atoms with E-state index in [0.29, 0.717) is 5.75 Å². The molecule has 1 atom stereocenters. The molecule has 0 amide bonds. The fourth-order valence-electron chi connectivity index (χ4n) is 0.816. The van der Waals surface area contributed by atoms with Crippen LogP contribution in [0.4, 0.5) is 0 Å². The van der Waals surface area contributed by atoms with E-state index in [1.807, 2.05) is 32.6 Å². The minimum atomic E-state index is -3.23. The average molecular weight is 281 g/mol. The molecule has 0 aromatic heterocycles. The van der Waals surface area contributed by atoms with Gasteiger partial charge in [0.2, 0.25) is 0 Å². The summed E-state index contributed by atoms with van der Waals surface area (Å²) >= 11 is 2.02. The molecule has 1 N–H and O–H groups in total. The van der Waals surface area contributed by atoms with Gasteiger partial charge in [0, 0.05) is 0 Å². The van der Waals surface area contributed by atoms with Gasteiger partial charge >= 0.3 is 89.8 Å². The van der Waals surface area contributed by atoms with Crippen molar-refractivity contribution in [3.63, 3.8) is 0 Å². The zero-order valence-electron chi connectivity index (χ0n) is 7.29. The molecule has 0 saturated carbocycles. The first kappa shape index (κ1) is 11.7. The fourth-order valence-corrected chi connectivity index (χ4v) is 1.52. The first-order valence-electron chi connectivity index (χ1n) is 3.87. The zero-order chi connectivity index (χ0) is 10.4. The van der Waals surface area contributed by atoms with Crippen LogP contribution in [0.2, 0.25) is 0 Å². The molecule has 0 aliphatic heterocycles. The van der Waals surface area contributed by atoms with E-state index in [1.165, 1.54) is 0 Å². The number of hydrogen-bond donors (Lipinski definition) is 1. The summed E-state index contributed by atoms with van der Waals surface area (Å²) in [6.45, 7) is 0.306. The van der Waals surface area contributed by atoms with Crippen LogP contribution in [-0.4, -0.2) is 36.4 Å². The van der Waals surface area contributed by atoms with Gasteiger partial charge in [0.25, 0.3) is 0 Å². The molecule has 4 nitrogen and oxygen atoms in total. The SMILES string of the molecule is O=S(O)(=[Se])OCCOc1ccccc1. The van der Waals surface area contributed by atoms with Gasteiger partial charge in [-0.05, 0) is 0 Å². The van der Waals surface area contributed by atoms with Gasteiger partial charge < -0.3 is 0 Å². The Morgan fingerprint density at radius 2 is 1.93 bits per heavy atom. The Bertz CT molecular complexity index is 362. The maximum absolute atomic E-state index is 10.6. The van der Waals surface area contributed by atoms with E-state index in [1.54, 1.807) is 12.1 Å². The third-order valence-corrected chi connectivity index (χ3v) is 2.40. The molecule has 14 heavy (non-hydrogen) atoms. The first-order chi connectivity index (χ1) is 6.58. The molecule has 0 aliphatic carbocycles. The Morgan fingerprint density at radius 1 is 1.29 bits per heavy atom. The molecule has 0 bridgehead atoms. The second kappa shape index (κ2) is 5.48. The van der Waals surface area contributed by atoms with E-state index in [4.69, 9.17) is 9.29 Å². The van der Waals surface area contributed by atoms with Gasteiger partial charge in [-0.2, -0.15) is 0 Å². The van der Waals surface area contributed by atoms with Crippen LogP contribution in [-0.2, 0) is 12.6 Å². The van der Waals surface area contributed by atoms with E-state index in [0.717, 1.165) is 0 Å². The summed E-state index contributed by atoms with van der Waals surface area (Å²) in [7, 11) is -3.23. The van der Waals surface area contributed by atoms with Crippen molar-refractivity contribution in [2.75, 3.05) is 13.2 Å². The van der Waals surface area contributed by atoms with Crippen LogP contribution >= 0.6 is 0 Å². The molecule has 1 aromatic carbocycles. The van der Waals surface area contributed by atoms with E-state index in [9.17, 15) is 4.21 Å². The van der Waals surface area contributed by atoms with Crippen molar-refractivity contribution in [3.05, 3.63) is 30.3 Å². The van der Waals surface area contributed by atoms with Gasteiger partial charge in [-0.1, -0.05) is 0 Å². The van der Waals surface area contributed by atoms with Crippen molar-refractivity contribution in [1.29, 1.82) is 0 Å². The maximum atomic E-state index is 10.6. The molecule has 6 heteroatoms. The van der Waals surface area contributed by atoms with Crippen LogP contribution in [0.25, 0.3) is 0 Å². The van der Waals surface area contributed by atoms with Gasteiger partial charge in [-0.15, -0.1) is 0 Å². The summed E-state index contributed by atoms with van der Waals surface area (Å²) in [5.41, 5.74) is 0. The van der Waals surface area contributed by atoms with Gasteiger partial charge in [0.15, 0.2) is 0 Å². The van der Waals surface area contributed by atoms with E-state index < -0.39 is 8.42 Å². The van der Waals surface area contributed by atoms with Gasteiger partial charge in [-0.25, -0.2) is 0 Å². The van der Waals surface area contributed by atoms with Crippen molar-refractivity contribution >= 4 is 22.8 Å².